The number of benzene rings is 1. The molecule has 0 fully saturated rings. The summed E-state index contributed by atoms with van der Waals surface area (Å²) < 4.78 is 6.07. The van der Waals surface area contributed by atoms with Crippen molar-refractivity contribution in [1.82, 2.24) is 0 Å². The highest BCUT2D eigenvalue weighted by Gasteiger charge is 2.15. The highest BCUT2D eigenvalue weighted by Crippen LogP contribution is 2.19. The number of esters is 1. The maximum absolute atomic E-state index is 10.9. The summed E-state index contributed by atoms with van der Waals surface area (Å²) in [7, 11) is 0. The molecule has 1 aromatic rings. The van der Waals surface area contributed by atoms with Gasteiger partial charge in [0.2, 0.25) is 0 Å². The molecule has 12 heavy (non-hydrogen) atoms. The second-order valence-corrected chi connectivity index (χ2v) is 4.00. The molecule has 0 spiro atoms. The van der Waals surface area contributed by atoms with Gasteiger partial charge in [-0.05, 0) is 45.9 Å². The molecule has 62 valence electrons. The Morgan fingerprint density at radius 1 is 1.33 bits per heavy atom. The molecule has 2 nitrogen and oxygen atoms in total. The van der Waals surface area contributed by atoms with E-state index in [0.717, 1.165) is 11.1 Å². The van der Waals surface area contributed by atoms with Crippen molar-refractivity contribution >= 4 is 28.6 Å². The van der Waals surface area contributed by atoms with Gasteiger partial charge in [0.1, 0.15) is 6.61 Å². The van der Waals surface area contributed by atoms with Gasteiger partial charge in [-0.1, -0.05) is 6.07 Å². The molecule has 1 aliphatic heterocycles. The van der Waals surface area contributed by atoms with E-state index in [0.29, 0.717) is 13.0 Å². The van der Waals surface area contributed by atoms with E-state index in [2.05, 4.69) is 22.6 Å². The molecule has 0 radical (unpaired) electrons. The predicted molar refractivity (Wildman–Crippen MR) is 52.7 cm³/mol. The summed E-state index contributed by atoms with van der Waals surface area (Å²) in [5.74, 6) is -0.121. The van der Waals surface area contributed by atoms with Gasteiger partial charge in [-0.3, -0.25) is 4.79 Å². The first-order valence-corrected chi connectivity index (χ1v) is 4.76. The Kier molecular flexibility index (Phi) is 2.04. The van der Waals surface area contributed by atoms with Crippen molar-refractivity contribution in [2.75, 3.05) is 0 Å². The molecule has 0 atom stereocenters. The van der Waals surface area contributed by atoms with Crippen molar-refractivity contribution in [3.05, 3.63) is 32.9 Å². The predicted octanol–water partition coefficient (Wildman–Crippen LogP) is 1.89. The molecular formula is C9H7IO2. The van der Waals surface area contributed by atoms with E-state index in [1.165, 1.54) is 3.57 Å². The number of hydrogen-bond acceptors (Lipinski definition) is 2. The Morgan fingerprint density at radius 3 is 3.00 bits per heavy atom. The molecule has 0 N–H and O–H groups in total. The van der Waals surface area contributed by atoms with Crippen LogP contribution in [-0.4, -0.2) is 5.97 Å². The summed E-state index contributed by atoms with van der Waals surface area (Å²) in [6.07, 6.45) is 0.423. The van der Waals surface area contributed by atoms with Crippen LogP contribution < -0.4 is 0 Å². The van der Waals surface area contributed by atoms with Crippen LogP contribution in [0.2, 0.25) is 0 Å². The van der Waals surface area contributed by atoms with Crippen LogP contribution >= 0.6 is 22.6 Å². The lowest BCUT2D eigenvalue weighted by Gasteiger charge is -2.15. The van der Waals surface area contributed by atoms with Gasteiger partial charge >= 0.3 is 5.97 Å². The minimum Gasteiger partial charge on any atom is -0.461 e. The first-order chi connectivity index (χ1) is 5.75. The molecule has 0 aliphatic carbocycles. The summed E-state index contributed by atoms with van der Waals surface area (Å²) in [5, 5.41) is 0. The third kappa shape index (κ3) is 1.46. The van der Waals surface area contributed by atoms with E-state index in [4.69, 9.17) is 4.74 Å². The highest BCUT2D eigenvalue weighted by molar-refractivity contribution is 14.1. The Bertz CT molecular complexity index is 333. The smallest absolute Gasteiger partial charge is 0.310 e. The van der Waals surface area contributed by atoms with E-state index in [9.17, 15) is 4.79 Å². The van der Waals surface area contributed by atoms with Gasteiger partial charge in [0.15, 0.2) is 0 Å². The number of carbonyl (C=O) groups is 1. The van der Waals surface area contributed by atoms with E-state index in [-0.39, 0.29) is 5.97 Å². The van der Waals surface area contributed by atoms with Crippen molar-refractivity contribution < 1.29 is 9.53 Å². The summed E-state index contributed by atoms with van der Waals surface area (Å²) in [4.78, 5) is 10.9. The van der Waals surface area contributed by atoms with Crippen molar-refractivity contribution in [2.45, 2.75) is 13.0 Å². The molecule has 1 aromatic carbocycles. The van der Waals surface area contributed by atoms with E-state index in [1.54, 1.807) is 0 Å². The Balaban J connectivity index is 2.44. The van der Waals surface area contributed by atoms with Crippen molar-refractivity contribution in [3.8, 4) is 0 Å². The van der Waals surface area contributed by atoms with Gasteiger partial charge in [-0.25, -0.2) is 0 Å². The number of hydrogen-bond donors (Lipinski definition) is 0. The maximum atomic E-state index is 10.9. The lowest BCUT2D eigenvalue weighted by atomic mass is 10.0. The molecule has 0 saturated heterocycles. The number of cyclic esters (lactones) is 1. The molecule has 0 unspecified atom stereocenters. The summed E-state index contributed by atoms with van der Waals surface area (Å²) in [6.45, 7) is 0.436. The highest BCUT2D eigenvalue weighted by atomic mass is 127. The second kappa shape index (κ2) is 3.05. The number of ether oxygens (including phenoxy) is 1. The number of carbonyl (C=O) groups excluding carboxylic acids is 1. The van der Waals surface area contributed by atoms with Crippen LogP contribution in [0.25, 0.3) is 0 Å². The lowest BCUT2D eigenvalue weighted by molar-refractivity contribution is -0.145. The summed E-state index contributed by atoms with van der Waals surface area (Å²) in [5.41, 5.74) is 2.24. The first-order valence-electron chi connectivity index (χ1n) is 3.68. The minimum atomic E-state index is -0.121. The topological polar surface area (TPSA) is 26.3 Å². The van der Waals surface area contributed by atoms with Gasteiger partial charge in [-0.15, -0.1) is 0 Å². The lowest BCUT2D eigenvalue weighted by Crippen LogP contribution is -2.16. The third-order valence-corrected chi connectivity index (χ3v) is 2.56. The van der Waals surface area contributed by atoms with Gasteiger partial charge in [0.05, 0.1) is 6.42 Å². The van der Waals surface area contributed by atoms with Gasteiger partial charge in [-0.2, -0.15) is 0 Å². The van der Waals surface area contributed by atoms with Crippen LogP contribution in [0.5, 0.6) is 0 Å². The number of fused-ring (bicyclic) bond motifs is 1. The molecule has 2 rings (SSSR count). The van der Waals surface area contributed by atoms with E-state index >= 15 is 0 Å². The van der Waals surface area contributed by atoms with E-state index in [1.807, 2.05) is 18.2 Å². The van der Waals surface area contributed by atoms with Crippen LogP contribution in [-0.2, 0) is 22.6 Å². The SMILES string of the molecule is O=C1Cc2cc(I)ccc2CO1. The number of rotatable bonds is 0. The molecule has 0 bridgehead atoms. The van der Waals surface area contributed by atoms with Gasteiger partial charge < -0.3 is 4.74 Å². The molecular weight excluding hydrogens is 267 g/mol. The molecule has 0 amide bonds. The summed E-state index contributed by atoms with van der Waals surface area (Å²) in [6, 6.07) is 6.08. The van der Waals surface area contributed by atoms with Crippen LogP contribution in [0.15, 0.2) is 18.2 Å². The fraction of sp³-hybridized carbons (Fsp3) is 0.222. The molecule has 1 aliphatic rings. The average Bonchev–Trinajstić information content (AvgIpc) is 2.03. The zero-order chi connectivity index (χ0) is 8.55. The minimum absolute atomic E-state index is 0.121. The molecule has 0 saturated carbocycles. The molecule has 0 aromatic heterocycles. The zero-order valence-electron chi connectivity index (χ0n) is 6.34. The second-order valence-electron chi connectivity index (χ2n) is 2.75. The quantitative estimate of drug-likeness (QED) is 0.533. The Hall–Kier alpha value is -0.580. The van der Waals surface area contributed by atoms with Gasteiger partial charge in [0.25, 0.3) is 0 Å². The molecule has 3 heteroatoms. The summed E-state index contributed by atoms with van der Waals surface area (Å²) >= 11 is 2.24. The average molecular weight is 274 g/mol. The van der Waals surface area contributed by atoms with E-state index < -0.39 is 0 Å². The Labute approximate surface area is 84.1 Å². The standard InChI is InChI=1S/C9H7IO2/c10-8-2-1-6-5-12-9(11)4-7(6)3-8/h1-3H,4-5H2. The fourth-order valence-corrected chi connectivity index (χ4v) is 1.82. The Morgan fingerprint density at radius 2 is 2.17 bits per heavy atom. The van der Waals surface area contributed by atoms with Crippen LogP contribution in [0.3, 0.4) is 0 Å². The maximum Gasteiger partial charge on any atom is 0.310 e. The van der Waals surface area contributed by atoms with Crippen molar-refractivity contribution in [3.63, 3.8) is 0 Å². The van der Waals surface area contributed by atoms with Crippen molar-refractivity contribution in [1.29, 1.82) is 0 Å². The third-order valence-electron chi connectivity index (χ3n) is 1.89. The van der Waals surface area contributed by atoms with Crippen molar-refractivity contribution in [2.24, 2.45) is 0 Å². The normalized spacial score (nSPS) is 15.2. The zero-order valence-corrected chi connectivity index (χ0v) is 8.50. The first kappa shape index (κ1) is 8.04. The van der Waals surface area contributed by atoms with Crippen LogP contribution in [0.1, 0.15) is 11.1 Å². The van der Waals surface area contributed by atoms with Crippen LogP contribution in [0.4, 0.5) is 0 Å². The molecule has 1 heterocycles. The largest absolute Gasteiger partial charge is 0.461 e. The van der Waals surface area contributed by atoms with Gasteiger partial charge in [0, 0.05) is 3.57 Å². The fourth-order valence-electron chi connectivity index (χ4n) is 1.26. The number of halogens is 1. The van der Waals surface area contributed by atoms with Crippen LogP contribution in [0, 0.1) is 3.57 Å². The monoisotopic (exact) mass is 274 g/mol.